The van der Waals surface area contributed by atoms with Gasteiger partial charge in [0, 0.05) is 11.6 Å². The molecular weight excluding hydrogens is 307 g/mol. The van der Waals surface area contributed by atoms with Gasteiger partial charge in [-0.1, -0.05) is 0 Å². The Morgan fingerprint density at radius 2 is 1.82 bits per heavy atom. The quantitative estimate of drug-likeness (QED) is 0.912. The molecule has 2 N–H and O–H groups in total. The monoisotopic (exact) mass is 324 g/mol. The van der Waals surface area contributed by atoms with E-state index in [4.69, 9.17) is 4.42 Å². The van der Waals surface area contributed by atoms with Gasteiger partial charge in [-0.05, 0) is 62.3 Å². The number of hydrogen-bond donors (Lipinski definition) is 2. The van der Waals surface area contributed by atoms with Crippen molar-refractivity contribution in [2.45, 2.75) is 18.9 Å². The third kappa shape index (κ3) is 3.87. The zero-order valence-corrected chi connectivity index (χ0v) is 12.8. The Kier molecular flexibility index (Phi) is 5.57. The van der Waals surface area contributed by atoms with Crippen LogP contribution in [0, 0.1) is 5.82 Å². The van der Waals surface area contributed by atoms with Crippen molar-refractivity contribution < 1.29 is 13.6 Å². The lowest BCUT2D eigenvalue weighted by atomic mass is 10.1. The Morgan fingerprint density at radius 1 is 1.14 bits per heavy atom. The van der Waals surface area contributed by atoms with Gasteiger partial charge in [-0.15, -0.1) is 12.4 Å². The topological polar surface area (TPSA) is 54.3 Å². The van der Waals surface area contributed by atoms with Crippen LogP contribution in [0.1, 0.15) is 23.4 Å². The smallest absolute Gasteiger partial charge is 0.287 e. The third-order valence-corrected chi connectivity index (χ3v) is 3.63. The molecule has 3 rings (SSSR count). The molecule has 0 saturated carbocycles. The van der Waals surface area contributed by atoms with Crippen LogP contribution in [0.2, 0.25) is 0 Å². The number of benzene rings is 1. The molecule has 1 fully saturated rings. The Hall–Kier alpha value is -1.85. The molecule has 0 spiro atoms. The first-order valence-corrected chi connectivity index (χ1v) is 7.10. The largest absolute Gasteiger partial charge is 0.451 e. The summed E-state index contributed by atoms with van der Waals surface area (Å²) in [7, 11) is 0. The first kappa shape index (κ1) is 16.5. The number of halogens is 2. The molecule has 1 aliphatic heterocycles. The number of rotatable bonds is 3. The van der Waals surface area contributed by atoms with E-state index in [0.29, 0.717) is 5.76 Å². The van der Waals surface area contributed by atoms with E-state index in [2.05, 4.69) is 10.6 Å². The molecule has 1 aromatic heterocycles. The van der Waals surface area contributed by atoms with Crippen LogP contribution in [0.25, 0.3) is 11.3 Å². The second-order valence-corrected chi connectivity index (χ2v) is 5.17. The van der Waals surface area contributed by atoms with Crippen molar-refractivity contribution >= 4 is 18.3 Å². The minimum absolute atomic E-state index is 0. The summed E-state index contributed by atoms with van der Waals surface area (Å²) in [6.45, 7) is 1.84. The van der Waals surface area contributed by atoms with Crippen LogP contribution in [-0.4, -0.2) is 25.0 Å². The number of piperidine rings is 1. The minimum atomic E-state index is -0.297. The number of carbonyl (C=O) groups excluding carboxylic acids is 1. The van der Waals surface area contributed by atoms with Crippen LogP contribution < -0.4 is 10.6 Å². The van der Waals surface area contributed by atoms with Gasteiger partial charge in [0.15, 0.2) is 5.76 Å². The fourth-order valence-corrected chi connectivity index (χ4v) is 2.45. The van der Waals surface area contributed by atoms with Gasteiger partial charge in [0.1, 0.15) is 11.6 Å². The summed E-state index contributed by atoms with van der Waals surface area (Å²) in [6.07, 6.45) is 1.86. The van der Waals surface area contributed by atoms with Gasteiger partial charge >= 0.3 is 0 Å². The van der Waals surface area contributed by atoms with E-state index in [9.17, 15) is 9.18 Å². The van der Waals surface area contributed by atoms with E-state index >= 15 is 0 Å². The van der Waals surface area contributed by atoms with Gasteiger partial charge in [0.25, 0.3) is 5.91 Å². The van der Waals surface area contributed by atoms with E-state index in [0.717, 1.165) is 31.5 Å². The number of hydrogen-bond acceptors (Lipinski definition) is 3. The first-order valence-electron chi connectivity index (χ1n) is 7.10. The van der Waals surface area contributed by atoms with Crippen LogP contribution in [0.5, 0.6) is 0 Å². The Labute approximate surface area is 134 Å². The highest BCUT2D eigenvalue weighted by Crippen LogP contribution is 2.22. The van der Waals surface area contributed by atoms with Crippen molar-refractivity contribution in [3.05, 3.63) is 48.0 Å². The highest BCUT2D eigenvalue weighted by atomic mass is 35.5. The minimum Gasteiger partial charge on any atom is -0.451 e. The molecule has 0 atom stereocenters. The summed E-state index contributed by atoms with van der Waals surface area (Å²) < 4.78 is 18.5. The van der Waals surface area contributed by atoms with E-state index in [1.165, 1.54) is 12.1 Å². The summed E-state index contributed by atoms with van der Waals surface area (Å²) >= 11 is 0. The van der Waals surface area contributed by atoms with Gasteiger partial charge in [-0.2, -0.15) is 0 Å². The molecule has 22 heavy (non-hydrogen) atoms. The molecule has 0 unspecified atom stereocenters. The SMILES string of the molecule is Cl.O=C(NC1CCNCC1)c1ccc(-c2ccc(F)cc2)o1. The molecule has 118 valence electrons. The molecule has 0 aliphatic carbocycles. The van der Waals surface area contributed by atoms with Gasteiger partial charge in [0.2, 0.25) is 0 Å². The summed E-state index contributed by atoms with van der Waals surface area (Å²) in [5.41, 5.74) is 0.748. The number of carbonyl (C=O) groups is 1. The maximum atomic E-state index is 12.9. The molecule has 4 nitrogen and oxygen atoms in total. The summed E-state index contributed by atoms with van der Waals surface area (Å²) in [5, 5.41) is 6.23. The maximum absolute atomic E-state index is 12.9. The number of furan rings is 1. The fraction of sp³-hybridized carbons (Fsp3) is 0.312. The highest BCUT2D eigenvalue weighted by molar-refractivity contribution is 5.92. The van der Waals surface area contributed by atoms with Crippen LogP contribution in [-0.2, 0) is 0 Å². The molecule has 2 heterocycles. The highest BCUT2D eigenvalue weighted by Gasteiger charge is 2.18. The summed E-state index contributed by atoms with van der Waals surface area (Å²) in [6, 6.07) is 9.56. The first-order chi connectivity index (χ1) is 10.2. The van der Waals surface area contributed by atoms with Crippen molar-refractivity contribution in [2.75, 3.05) is 13.1 Å². The molecular formula is C16H18ClFN2O2. The molecule has 1 aromatic carbocycles. The van der Waals surface area contributed by atoms with E-state index in [-0.39, 0.29) is 35.9 Å². The Bertz CT molecular complexity index is 621. The van der Waals surface area contributed by atoms with Crippen molar-refractivity contribution in [3.8, 4) is 11.3 Å². The van der Waals surface area contributed by atoms with Crippen LogP contribution >= 0.6 is 12.4 Å². The second kappa shape index (κ2) is 7.42. The Morgan fingerprint density at radius 3 is 2.50 bits per heavy atom. The predicted molar refractivity (Wildman–Crippen MR) is 84.7 cm³/mol. The second-order valence-electron chi connectivity index (χ2n) is 5.17. The lowest BCUT2D eigenvalue weighted by Gasteiger charge is -2.23. The molecule has 1 aliphatic rings. The molecule has 1 amide bonds. The van der Waals surface area contributed by atoms with Gasteiger partial charge in [-0.3, -0.25) is 4.79 Å². The van der Waals surface area contributed by atoms with Gasteiger partial charge in [0.05, 0.1) is 0 Å². The van der Waals surface area contributed by atoms with Crippen LogP contribution in [0.3, 0.4) is 0 Å². The van der Waals surface area contributed by atoms with Crippen molar-refractivity contribution in [1.82, 2.24) is 10.6 Å². The lowest BCUT2D eigenvalue weighted by Crippen LogP contribution is -2.42. The summed E-state index contributed by atoms with van der Waals surface area (Å²) in [5.74, 6) is 0.350. The van der Waals surface area contributed by atoms with Crippen LogP contribution in [0.4, 0.5) is 4.39 Å². The predicted octanol–water partition coefficient (Wildman–Crippen LogP) is 2.99. The maximum Gasteiger partial charge on any atom is 0.287 e. The number of nitrogens with one attached hydrogen (secondary N) is 2. The number of amides is 1. The van der Waals surface area contributed by atoms with Crippen molar-refractivity contribution in [2.24, 2.45) is 0 Å². The molecule has 1 saturated heterocycles. The van der Waals surface area contributed by atoms with Gasteiger partial charge in [-0.25, -0.2) is 4.39 Å². The van der Waals surface area contributed by atoms with Gasteiger partial charge < -0.3 is 15.1 Å². The van der Waals surface area contributed by atoms with Crippen molar-refractivity contribution in [3.63, 3.8) is 0 Å². The molecule has 2 aromatic rings. The average Bonchev–Trinajstić information content (AvgIpc) is 2.99. The summed E-state index contributed by atoms with van der Waals surface area (Å²) in [4.78, 5) is 12.1. The third-order valence-electron chi connectivity index (χ3n) is 3.63. The zero-order valence-electron chi connectivity index (χ0n) is 12.0. The normalized spacial score (nSPS) is 15.1. The van der Waals surface area contributed by atoms with E-state index in [1.54, 1.807) is 24.3 Å². The zero-order chi connectivity index (χ0) is 14.7. The lowest BCUT2D eigenvalue weighted by molar-refractivity contribution is 0.0902. The molecule has 6 heteroatoms. The van der Waals surface area contributed by atoms with Crippen LogP contribution in [0.15, 0.2) is 40.8 Å². The standard InChI is InChI=1S/C16H17FN2O2.ClH/c17-12-3-1-11(2-4-12)14-5-6-15(21-14)16(20)19-13-7-9-18-10-8-13;/h1-6,13,18H,7-10H2,(H,19,20);1H. The van der Waals surface area contributed by atoms with E-state index in [1.807, 2.05) is 0 Å². The fourth-order valence-electron chi connectivity index (χ4n) is 2.45. The van der Waals surface area contributed by atoms with E-state index < -0.39 is 0 Å². The Balaban J connectivity index is 0.00000176. The average molecular weight is 325 g/mol. The molecule has 0 bridgehead atoms. The molecule has 0 radical (unpaired) electrons. The van der Waals surface area contributed by atoms with Crippen molar-refractivity contribution in [1.29, 1.82) is 0 Å².